The van der Waals surface area contributed by atoms with Crippen molar-refractivity contribution in [3.05, 3.63) is 28.7 Å². The van der Waals surface area contributed by atoms with Gasteiger partial charge in [-0.3, -0.25) is 4.79 Å². The predicted octanol–water partition coefficient (Wildman–Crippen LogP) is 2.03. The van der Waals surface area contributed by atoms with Gasteiger partial charge in [0.2, 0.25) is 5.91 Å². The van der Waals surface area contributed by atoms with E-state index in [9.17, 15) is 4.79 Å². The van der Waals surface area contributed by atoms with Crippen molar-refractivity contribution in [2.45, 2.75) is 13.3 Å². The standard InChI is InChI=1S/C13H19BrN2O2/c1-2-16(13(17)7-8-15)9-10-18-12-5-3-11(14)4-6-12/h3-6H,2,7-10,15H2,1H3. The number of nitrogens with two attached hydrogens (primary N) is 1. The molecule has 0 fully saturated rings. The summed E-state index contributed by atoms with van der Waals surface area (Å²) in [5.74, 6) is 0.889. The second-order valence-electron chi connectivity index (χ2n) is 3.81. The number of carbonyl (C=O) groups excluding carboxylic acids is 1. The third-order valence-electron chi connectivity index (χ3n) is 2.54. The Bertz CT molecular complexity index is 368. The number of amides is 1. The van der Waals surface area contributed by atoms with E-state index in [2.05, 4.69) is 15.9 Å². The van der Waals surface area contributed by atoms with Crippen molar-refractivity contribution in [2.75, 3.05) is 26.2 Å². The average molecular weight is 315 g/mol. The molecule has 4 nitrogen and oxygen atoms in total. The molecule has 1 rings (SSSR count). The van der Waals surface area contributed by atoms with Crippen LogP contribution in [-0.4, -0.2) is 37.0 Å². The summed E-state index contributed by atoms with van der Waals surface area (Å²) in [4.78, 5) is 13.4. The van der Waals surface area contributed by atoms with E-state index in [0.29, 0.717) is 32.7 Å². The van der Waals surface area contributed by atoms with Crippen LogP contribution in [0.1, 0.15) is 13.3 Å². The largest absolute Gasteiger partial charge is 0.492 e. The molecule has 0 saturated heterocycles. The number of likely N-dealkylation sites (N-methyl/N-ethyl adjacent to an activating group) is 1. The van der Waals surface area contributed by atoms with E-state index in [1.807, 2.05) is 31.2 Å². The molecular weight excluding hydrogens is 296 g/mol. The van der Waals surface area contributed by atoms with Gasteiger partial charge in [-0.1, -0.05) is 15.9 Å². The number of ether oxygens (including phenoxy) is 1. The first-order valence-corrected chi connectivity index (χ1v) is 6.83. The number of hydrogen-bond donors (Lipinski definition) is 1. The van der Waals surface area contributed by atoms with Gasteiger partial charge in [0.15, 0.2) is 0 Å². The fourth-order valence-electron chi connectivity index (χ4n) is 1.55. The van der Waals surface area contributed by atoms with Crippen LogP contribution in [0.5, 0.6) is 5.75 Å². The molecule has 18 heavy (non-hydrogen) atoms. The maximum Gasteiger partial charge on any atom is 0.223 e. The van der Waals surface area contributed by atoms with Crippen molar-refractivity contribution in [1.29, 1.82) is 0 Å². The number of hydrogen-bond acceptors (Lipinski definition) is 3. The van der Waals surface area contributed by atoms with Crippen LogP contribution in [0.2, 0.25) is 0 Å². The molecule has 1 aromatic rings. The van der Waals surface area contributed by atoms with Gasteiger partial charge in [-0.25, -0.2) is 0 Å². The zero-order valence-corrected chi connectivity index (χ0v) is 12.1. The van der Waals surface area contributed by atoms with Crippen LogP contribution in [0, 0.1) is 0 Å². The molecule has 0 atom stereocenters. The molecule has 100 valence electrons. The summed E-state index contributed by atoms with van der Waals surface area (Å²) < 4.78 is 6.59. The number of carbonyl (C=O) groups is 1. The topological polar surface area (TPSA) is 55.6 Å². The molecule has 0 saturated carbocycles. The lowest BCUT2D eigenvalue weighted by Gasteiger charge is -2.20. The molecular formula is C13H19BrN2O2. The summed E-state index contributed by atoms with van der Waals surface area (Å²) >= 11 is 3.36. The van der Waals surface area contributed by atoms with Crippen molar-refractivity contribution < 1.29 is 9.53 Å². The molecule has 5 heteroatoms. The van der Waals surface area contributed by atoms with E-state index in [-0.39, 0.29) is 5.91 Å². The van der Waals surface area contributed by atoms with Crippen molar-refractivity contribution in [3.8, 4) is 5.75 Å². The Morgan fingerprint density at radius 1 is 1.39 bits per heavy atom. The van der Waals surface area contributed by atoms with Crippen LogP contribution < -0.4 is 10.5 Å². The van der Waals surface area contributed by atoms with Crippen LogP contribution in [0.25, 0.3) is 0 Å². The number of nitrogens with zero attached hydrogens (tertiary/aromatic N) is 1. The van der Waals surface area contributed by atoms with E-state index >= 15 is 0 Å². The van der Waals surface area contributed by atoms with E-state index in [0.717, 1.165) is 10.2 Å². The van der Waals surface area contributed by atoms with Crippen LogP contribution in [0.4, 0.5) is 0 Å². The Hall–Kier alpha value is -1.07. The highest BCUT2D eigenvalue weighted by molar-refractivity contribution is 9.10. The lowest BCUT2D eigenvalue weighted by atomic mass is 10.3. The molecule has 1 aromatic carbocycles. The Labute approximate surface area is 116 Å². The molecule has 2 N–H and O–H groups in total. The summed E-state index contributed by atoms with van der Waals surface area (Å²) in [6.07, 6.45) is 0.395. The molecule has 0 aliphatic rings. The fourth-order valence-corrected chi connectivity index (χ4v) is 1.81. The summed E-state index contributed by atoms with van der Waals surface area (Å²) in [7, 11) is 0. The molecule has 0 spiro atoms. The fraction of sp³-hybridized carbons (Fsp3) is 0.462. The minimum absolute atomic E-state index is 0.0828. The van der Waals surface area contributed by atoms with Gasteiger partial charge < -0.3 is 15.4 Å². The first-order valence-electron chi connectivity index (χ1n) is 6.03. The zero-order valence-electron chi connectivity index (χ0n) is 10.6. The Morgan fingerprint density at radius 3 is 2.61 bits per heavy atom. The van der Waals surface area contributed by atoms with Gasteiger partial charge in [-0.2, -0.15) is 0 Å². The molecule has 0 unspecified atom stereocenters. The van der Waals surface area contributed by atoms with Gasteiger partial charge in [-0.15, -0.1) is 0 Å². The van der Waals surface area contributed by atoms with Crippen molar-refractivity contribution in [3.63, 3.8) is 0 Å². The molecule has 0 aliphatic heterocycles. The Balaban J connectivity index is 2.35. The van der Waals surface area contributed by atoms with Crippen molar-refractivity contribution in [2.24, 2.45) is 5.73 Å². The predicted molar refractivity (Wildman–Crippen MR) is 75.6 cm³/mol. The summed E-state index contributed by atoms with van der Waals surface area (Å²) in [6, 6.07) is 7.63. The lowest BCUT2D eigenvalue weighted by molar-refractivity contribution is -0.131. The van der Waals surface area contributed by atoms with Gasteiger partial charge in [0.05, 0.1) is 6.54 Å². The normalized spacial score (nSPS) is 10.2. The SMILES string of the molecule is CCN(CCOc1ccc(Br)cc1)C(=O)CCN. The highest BCUT2D eigenvalue weighted by atomic mass is 79.9. The molecule has 0 radical (unpaired) electrons. The monoisotopic (exact) mass is 314 g/mol. The third kappa shape index (κ3) is 5.06. The van der Waals surface area contributed by atoms with Gasteiger partial charge in [0.25, 0.3) is 0 Å². The molecule has 0 aromatic heterocycles. The molecule has 0 bridgehead atoms. The van der Waals surface area contributed by atoms with Crippen LogP contribution >= 0.6 is 15.9 Å². The van der Waals surface area contributed by atoms with Crippen molar-refractivity contribution >= 4 is 21.8 Å². The van der Waals surface area contributed by atoms with Gasteiger partial charge >= 0.3 is 0 Å². The summed E-state index contributed by atoms with van der Waals surface area (Å²) in [5.41, 5.74) is 5.37. The number of halogens is 1. The van der Waals surface area contributed by atoms with Crippen molar-refractivity contribution in [1.82, 2.24) is 4.90 Å². The number of benzene rings is 1. The maximum atomic E-state index is 11.6. The minimum Gasteiger partial charge on any atom is -0.492 e. The second-order valence-corrected chi connectivity index (χ2v) is 4.73. The van der Waals surface area contributed by atoms with Crippen LogP contribution in [0.3, 0.4) is 0 Å². The Morgan fingerprint density at radius 2 is 2.06 bits per heavy atom. The Kier molecular flexibility index (Phi) is 6.75. The lowest BCUT2D eigenvalue weighted by Crippen LogP contribution is -2.35. The molecule has 0 aliphatic carbocycles. The average Bonchev–Trinajstić information content (AvgIpc) is 2.37. The van der Waals surface area contributed by atoms with E-state index < -0.39 is 0 Å². The first kappa shape index (κ1) is 15.0. The summed E-state index contributed by atoms with van der Waals surface area (Å²) in [6.45, 7) is 4.11. The second kappa shape index (κ2) is 8.11. The molecule has 0 heterocycles. The third-order valence-corrected chi connectivity index (χ3v) is 3.06. The van der Waals surface area contributed by atoms with Crippen LogP contribution in [-0.2, 0) is 4.79 Å². The van der Waals surface area contributed by atoms with E-state index in [1.54, 1.807) is 4.90 Å². The highest BCUT2D eigenvalue weighted by Crippen LogP contribution is 2.15. The quantitative estimate of drug-likeness (QED) is 0.837. The van der Waals surface area contributed by atoms with Crippen LogP contribution in [0.15, 0.2) is 28.7 Å². The first-order chi connectivity index (χ1) is 8.67. The maximum absolute atomic E-state index is 11.6. The van der Waals surface area contributed by atoms with Gasteiger partial charge in [-0.05, 0) is 31.2 Å². The van der Waals surface area contributed by atoms with E-state index in [1.165, 1.54) is 0 Å². The smallest absolute Gasteiger partial charge is 0.223 e. The molecule has 1 amide bonds. The number of rotatable bonds is 7. The minimum atomic E-state index is 0.0828. The van der Waals surface area contributed by atoms with E-state index in [4.69, 9.17) is 10.5 Å². The van der Waals surface area contributed by atoms with Gasteiger partial charge in [0.1, 0.15) is 12.4 Å². The zero-order chi connectivity index (χ0) is 13.4. The summed E-state index contributed by atoms with van der Waals surface area (Å²) in [5, 5.41) is 0. The van der Waals surface area contributed by atoms with Gasteiger partial charge in [0, 0.05) is 24.0 Å². The highest BCUT2D eigenvalue weighted by Gasteiger charge is 2.10.